The van der Waals surface area contributed by atoms with Gasteiger partial charge >= 0.3 is 12.0 Å². The van der Waals surface area contributed by atoms with Crippen molar-refractivity contribution in [3.05, 3.63) is 77.9 Å². The number of carbonyl (C=O) groups excluding carboxylic acids is 3. The van der Waals surface area contributed by atoms with Crippen LogP contribution in [0.4, 0.5) is 4.79 Å². The van der Waals surface area contributed by atoms with Crippen LogP contribution >= 0.6 is 0 Å². The first kappa shape index (κ1) is 22.1. The molecule has 1 unspecified atom stereocenters. The molecule has 1 atom stereocenters. The molecule has 1 saturated heterocycles. The lowest BCUT2D eigenvalue weighted by Crippen LogP contribution is -2.41. The average Bonchev–Trinajstić information content (AvgIpc) is 2.97. The molecule has 2 aromatic rings. The topological polar surface area (TPSA) is 84.9 Å². The highest BCUT2D eigenvalue weighted by Crippen LogP contribution is 2.30. The first-order chi connectivity index (χ1) is 14.8. The second kappa shape index (κ2) is 9.47. The highest BCUT2D eigenvalue weighted by atomic mass is 16.5. The van der Waals surface area contributed by atoms with Crippen molar-refractivity contribution in [1.29, 1.82) is 0 Å². The quantitative estimate of drug-likeness (QED) is 0.381. The van der Waals surface area contributed by atoms with Crippen LogP contribution in [-0.4, -0.2) is 42.6 Å². The van der Waals surface area contributed by atoms with Crippen molar-refractivity contribution in [2.75, 3.05) is 19.8 Å². The summed E-state index contributed by atoms with van der Waals surface area (Å²) in [4.78, 5) is 38.4. The van der Waals surface area contributed by atoms with Gasteiger partial charge in [0.05, 0.1) is 6.61 Å². The maximum absolute atomic E-state index is 13.0. The van der Waals surface area contributed by atoms with Crippen molar-refractivity contribution in [2.45, 2.75) is 25.8 Å². The summed E-state index contributed by atoms with van der Waals surface area (Å²) in [7, 11) is 0. The van der Waals surface area contributed by atoms with E-state index in [2.05, 4.69) is 11.9 Å². The number of amides is 3. The summed E-state index contributed by atoms with van der Waals surface area (Å²) in [5, 5.41) is 2.68. The molecular formula is C24H26N2O5. The molecule has 1 fully saturated rings. The fourth-order valence-corrected chi connectivity index (χ4v) is 3.23. The summed E-state index contributed by atoms with van der Waals surface area (Å²) in [6.45, 7) is 7.39. The van der Waals surface area contributed by atoms with Gasteiger partial charge in [-0.25, -0.2) is 4.79 Å². The Morgan fingerprint density at radius 2 is 1.77 bits per heavy atom. The number of carbonyl (C=O) groups is 3. The fourth-order valence-electron chi connectivity index (χ4n) is 3.23. The Morgan fingerprint density at radius 1 is 1.10 bits per heavy atom. The van der Waals surface area contributed by atoms with Gasteiger partial charge in [-0.05, 0) is 42.7 Å². The first-order valence-electron chi connectivity index (χ1n) is 10.0. The maximum Gasteiger partial charge on any atom is 0.326 e. The lowest BCUT2D eigenvalue weighted by molar-refractivity contribution is -0.147. The highest BCUT2D eigenvalue weighted by molar-refractivity contribution is 6.08. The van der Waals surface area contributed by atoms with Gasteiger partial charge in [-0.3, -0.25) is 14.5 Å². The fraction of sp³-hybridized carbons (Fsp3) is 0.292. The van der Waals surface area contributed by atoms with Crippen LogP contribution in [0.15, 0.2) is 66.7 Å². The number of esters is 1. The molecule has 7 nitrogen and oxygen atoms in total. The normalized spacial score (nSPS) is 17.9. The van der Waals surface area contributed by atoms with E-state index in [4.69, 9.17) is 9.47 Å². The van der Waals surface area contributed by atoms with Gasteiger partial charge in [0.25, 0.3) is 5.91 Å². The number of ether oxygens (including phenoxy) is 2. The smallest absolute Gasteiger partial charge is 0.326 e. The van der Waals surface area contributed by atoms with Crippen molar-refractivity contribution < 1.29 is 23.9 Å². The lowest BCUT2D eigenvalue weighted by atomic mass is 9.92. The predicted molar refractivity (Wildman–Crippen MR) is 115 cm³/mol. The van der Waals surface area contributed by atoms with Crippen molar-refractivity contribution in [3.63, 3.8) is 0 Å². The van der Waals surface area contributed by atoms with Crippen LogP contribution in [0.5, 0.6) is 5.75 Å². The minimum Gasteiger partial charge on any atom is -0.489 e. The van der Waals surface area contributed by atoms with E-state index in [0.29, 0.717) is 24.3 Å². The van der Waals surface area contributed by atoms with Crippen LogP contribution in [0.2, 0.25) is 0 Å². The SMILES string of the molecule is C=C(C)COc1ccc(C2(C)NC(=O)N(CC(=O)OCCc3ccccc3)C2=O)cc1. The molecule has 1 aliphatic heterocycles. The molecule has 3 rings (SSSR count). The number of nitrogens with one attached hydrogen (secondary N) is 1. The Labute approximate surface area is 181 Å². The molecule has 0 saturated carbocycles. The van der Waals surface area contributed by atoms with Gasteiger partial charge in [-0.1, -0.05) is 49.0 Å². The highest BCUT2D eigenvalue weighted by Gasteiger charge is 2.49. The first-order valence-corrected chi connectivity index (χ1v) is 10.0. The predicted octanol–water partition coefficient (Wildman–Crippen LogP) is 3.19. The van der Waals surface area contributed by atoms with Crippen LogP contribution in [0.3, 0.4) is 0 Å². The van der Waals surface area contributed by atoms with E-state index in [1.54, 1.807) is 31.2 Å². The largest absolute Gasteiger partial charge is 0.489 e. The summed E-state index contributed by atoms with van der Waals surface area (Å²) in [5.74, 6) is -0.508. The molecule has 0 spiro atoms. The lowest BCUT2D eigenvalue weighted by Gasteiger charge is -2.22. The standard InChI is InChI=1S/C24H26N2O5/c1-17(2)16-31-20-11-9-19(10-12-20)24(3)22(28)26(23(29)25-24)15-21(27)30-14-13-18-7-5-4-6-8-18/h4-12H,1,13-16H2,2-3H3,(H,25,29). The number of imide groups is 1. The molecule has 0 bridgehead atoms. The number of nitrogens with zero attached hydrogens (tertiary/aromatic N) is 1. The van der Waals surface area contributed by atoms with Gasteiger partial charge < -0.3 is 14.8 Å². The Kier molecular flexibility index (Phi) is 6.74. The molecule has 31 heavy (non-hydrogen) atoms. The zero-order chi connectivity index (χ0) is 22.4. The van der Waals surface area contributed by atoms with Crippen molar-refractivity contribution in [3.8, 4) is 5.75 Å². The minimum absolute atomic E-state index is 0.176. The molecule has 0 aliphatic carbocycles. The van der Waals surface area contributed by atoms with Gasteiger partial charge in [0.2, 0.25) is 0 Å². The number of benzene rings is 2. The van der Waals surface area contributed by atoms with Crippen LogP contribution in [0, 0.1) is 0 Å². The molecule has 1 aliphatic rings. The van der Waals surface area contributed by atoms with Gasteiger partial charge in [0, 0.05) is 6.42 Å². The van der Waals surface area contributed by atoms with E-state index >= 15 is 0 Å². The van der Waals surface area contributed by atoms with Crippen LogP contribution in [-0.2, 0) is 26.3 Å². The maximum atomic E-state index is 13.0. The second-order valence-electron chi connectivity index (χ2n) is 7.67. The summed E-state index contributed by atoms with van der Waals surface area (Å²) in [6.07, 6.45) is 0.560. The Hall–Kier alpha value is -3.61. The van der Waals surface area contributed by atoms with E-state index < -0.39 is 30.0 Å². The summed E-state index contributed by atoms with van der Waals surface area (Å²) >= 11 is 0. The van der Waals surface area contributed by atoms with Gasteiger partial charge in [-0.2, -0.15) is 0 Å². The van der Waals surface area contributed by atoms with Crippen LogP contribution in [0.1, 0.15) is 25.0 Å². The number of hydrogen-bond donors (Lipinski definition) is 1. The van der Waals surface area contributed by atoms with Gasteiger partial charge in [0.1, 0.15) is 24.4 Å². The molecular weight excluding hydrogens is 396 g/mol. The monoisotopic (exact) mass is 422 g/mol. The Balaban J connectivity index is 1.58. The van der Waals surface area contributed by atoms with Crippen molar-refractivity contribution in [1.82, 2.24) is 10.2 Å². The summed E-state index contributed by atoms with van der Waals surface area (Å²) < 4.78 is 10.8. The molecule has 3 amide bonds. The number of hydrogen-bond acceptors (Lipinski definition) is 5. The number of rotatable bonds is 9. The molecule has 7 heteroatoms. The minimum atomic E-state index is -1.27. The second-order valence-corrected chi connectivity index (χ2v) is 7.67. The molecule has 2 aromatic carbocycles. The zero-order valence-corrected chi connectivity index (χ0v) is 17.7. The Morgan fingerprint density at radius 3 is 2.42 bits per heavy atom. The molecule has 1 N–H and O–H groups in total. The van der Waals surface area contributed by atoms with Gasteiger partial charge in [0.15, 0.2) is 0 Å². The third-order valence-corrected chi connectivity index (χ3v) is 4.98. The molecule has 0 radical (unpaired) electrons. The van der Waals surface area contributed by atoms with Crippen molar-refractivity contribution in [2.24, 2.45) is 0 Å². The third-order valence-electron chi connectivity index (χ3n) is 4.98. The molecule has 0 aromatic heterocycles. The third kappa shape index (κ3) is 5.31. The van der Waals surface area contributed by atoms with E-state index in [-0.39, 0.29) is 6.61 Å². The van der Waals surface area contributed by atoms with Gasteiger partial charge in [-0.15, -0.1) is 0 Å². The zero-order valence-electron chi connectivity index (χ0n) is 17.7. The average molecular weight is 422 g/mol. The molecule has 162 valence electrons. The van der Waals surface area contributed by atoms with E-state index in [9.17, 15) is 14.4 Å². The van der Waals surface area contributed by atoms with Crippen LogP contribution in [0.25, 0.3) is 0 Å². The van der Waals surface area contributed by atoms with Crippen LogP contribution < -0.4 is 10.1 Å². The van der Waals surface area contributed by atoms with E-state index in [0.717, 1.165) is 16.0 Å². The summed E-state index contributed by atoms with van der Waals surface area (Å²) in [5.41, 5.74) is 1.25. The molecule has 1 heterocycles. The summed E-state index contributed by atoms with van der Waals surface area (Å²) in [6, 6.07) is 15.8. The van der Waals surface area contributed by atoms with Crippen molar-refractivity contribution >= 4 is 17.9 Å². The van der Waals surface area contributed by atoms with E-state index in [1.807, 2.05) is 37.3 Å². The number of urea groups is 1. The van der Waals surface area contributed by atoms with E-state index in [1.165, 1.54) is 0 Å². The Bertz CT molecular complexity index is 971.